The van der Waals surface area contributed by atoms with Gasteiger partial charge in [-0.15, -0.1) is 0 Å². The Morgan fingerprint density at radius 1 is 1.12 bits per heavy atom. The fourth-order valence-corrected chi connectivity index (χ4v) is 1.94. The largest absolute Gasteiger partial charge is 0.382 e. The minimum Gasteiger partial charge on any atom is -0.382 e. The van der Waals surface area contributed by atoms with E-state index in [-0.39, 0.29) is 0 Å². The van der Waals surface area contributed by atoms with Crippen LogP contribution in [0, 0.1) is 6.92 Å². The zero-order valence-corrected chi connectivity index (χ0v) is 10.2. The second-order valence-corrected chi connectivity index (χ2v) is 4.37. The summed E-state index contributed by atoms with van der Waals surface area (Å²) in [6.45, 7) is 2.01. The molecule has 4 heteroatoms. The van der Waals surface area contributed by atoms with Crippen LogP contribution in [0.2, 0.25) is 10.0 Å². The lowest BCUT2D eigenvalue weighted by Gasteiger charge is -2.06. The Bertz CT molecular complexity index is 539. The summed E-state index contributed by atoms with van der Waals surface area (Å²) in [6.07, 6.45) is 0. The topological polar surface area (TPSA) is 38.9 Å². The summed E-state index contributed by atoms with van der Waals surface area (Å²) in [5.74, 6) is 0.294. The molecule has 2 N–H and O–H groups in total. The van der Waals surface area contributed by atoms with Gasteiger partial charge in [-0.2, -0.15) is 0 Å². The first-order chi connectivity index (χ1) is 7.58. The van der Waals surface area contributed by atoms with Gasteiger partial charge < -0.3 is 5.73 Å². The molecule has 2 aromatic rings. The molecule has 0 radical (unpaired) electrons. The second kappa shape index (κ2) is 4.32. The number of aromatic nitrogens is 1. The number of anilines is 1. The highest BCUT2D eigenvalue weighted by Crippen LogP contribution is 2.31. The molecular weight excluding hydrogens is 243 g/mol. The van der Waals surface area contributed by atoms with E-state index in [1.54, 1.807) is 6.07 Å². The zero-order valence-electron chi connectivity index (χ0n) is 8.67. The van der Waals surface area contributed by atoms with Crippen LogP contribution in [-0.2, 0) is 0 Å². The minimum absolute atomic E-state index is 0.294. The van der Waals surface area contributed by atoms with Crippen molar-refractivity contribution in [2.75, 3.05) is 5.73 Å². The van der Waals surface area contributed by atoms with Gasteiger partial charge in [-0.3, -0.25) is 0 Å². The van der Waals surface area contributed by atoms with Gasteiger partial charge in [0.25, 0.3) is 0 Å². The van der Waals surface area contributed by atoms with Gasteiger partial charge >= 0.3 is 0 Å². The van der Waals surface area contributed by atoms with Crippen LogP contribution in [0.15, 0.2) is 30.3 Å². The van der Waals surface area contributed by atoms with Crippen LogP contribution >= 0.6 is 23.2 Å². The van der Waals surface area contributed by atoms with Crippen molar-refractivity contribution in [3.63, 3.8) is 0 Å². The molecule has 0 amide bonds. The highest BCUT2D eigenvalue weighted by Gasteiger charge is 2.09. The molecule has 2 nitrogen and oxygen atoms in total. The number of benzene rings is 1. The van der Waals surface area contributed by atoms with Crippen molar-refractivity contribution in [1.29, 1.82) is 0 Å². The van der Waals surface area contributed by atoms with E-state index in [2.05, 4.69) is 4.98 Å². The monoisotopic (exact) mass is 252 g/mol. The Balaban J connectivity index is 2.60. The molecule has 1 heterocycles. The molecule has 0 bridgehead atoms. The van der Waals surface area contributed by atoms with Crippen LogP contribution < -0.4 is 5.73 Å². The van der Waals surface area contributed by atoms with Gasteiger partial charge in [0.05, 0.1) is 15.7 Å². The molecule has 0 aliphatic rings. The number of pyridine rings is 1. The fraction of sp³-hybridized carbons (Fsp3) is 0.0833. The Hall–Kier alpha value is -1.25. The molecule has 0 aliphatic carbocycles. The molecule has 0 atom stereocenters. The Morgan fingerprint density at radius 2 is 1.88 bits per heavy atom. The van der Waals surface area contributed by atoms with E-state index in [9.17, 15) is 0 Å². The molecule has 0 unspecified atom stereocenters. The maximum Gasteiger partial charge on any atom is 0.143 e. The average Bonchev–Trinajstić information content (AvgIpc) is 2.23. The van der Waals surface area contributed by atoms with E-state index in [4.69, 9.17) is 28.9 Å². The fourth-order valence-electron chi connectivity index (χ4n) is 1.48. The quantitative estimate of drug-likeness (QED) is 0.835. The van der Waals surface area contributed by atoms with Crippen LogP contribution in [0.25, 0.3) is 11.3 Å². The van der Waals surface area contributed by atoms with Crippen molar-refractivity contribution in [2.24, 2.45) is 0 Å². The molecule has 2 rings (SSSR count). The summed E-state index contributed by atoms with van der Waals surface area (Å²) < 4.78 is 0. The second-order valence-electron chi connectivity index (χ2n) is 3.56. The lowest BCUT2D eigenvalue weighted by Crippen LogP contribution is -1.94. The minimum atomic E-state index is 0.294. The maximum absolute atomic E-state index is 6.09. The number of rotatable bonds is 1. The Morgan fingerprint density at radius 3 is 2.56 bits per heavy atom. The van der Waals surface area contributed by atoms with Crippen LogP contribution in [0.4, 0.5) is 5.82 Å². The number of halogens is 2. The SMILES string of the molecule is Cc1cccc(-c2nc(N)c(Cl)cc2Cl)c1. The predicted molar refractivity (Wildman–Crippen MR) is 68.8 cm³/mol. The summed E-state index contributed by atoms with van der Waals surface area (Å²) in [7, 11) is 0. The number of hydrogen-bond donors (Lipinski definition) is 1. The first-order valence-corrected chi connectivity index (χ1v) is 5.52. The standard InChI is InChI=1S/C12H10Cl2N2/c1-7-3-2-4-8(5-7)11-9(13)6-10(14)12(15)16-11/h2-6H,1H3,(H2,15,16). The molecule has 0 fully saturated rings. The van der Waals surface area contributed by atoms with Gasteiger partial charge in [0.1, 0.15) is 5.82 Å². The summed E-state index contributed by atoms with van der Waals surface area (Å²) in [6, 6.07) is 9.52. The number of aryl methyl sites for hydroxylation is 1. The van der Waals surface area contributed by atoms with Crippen LogP contribution in [0.3, 0.4) is 0 Å². The van der Waals surface area contributed by atoms with Gasteiger partial charge in [-0.1, -0.05) is 47.0 Å². The van der Waals surface area contributed by atoms with Crippen molar-refractivity contribution < 1.29 is 0 Å². The zero-order chi connectivity index (χ0) is 11.7. The summed E-state index contributed by atoms with van der Waals surface area (Å²) in [4.78, 5) is 4.20. The molecule has 1 aromatic heterocycles. The molecule has 1 aromatic carbocycles. The average molecular weight is 253 g/mol. The van der Waals surface area contributed by atoms with Crippen molar-refractivity contribution in [1.82, 2.24) is 4.98 Å². The van der Waals surface area contributed by atoms with Gasteiger partial charge in [0, 0.05) is 5.56 Å². The molecule has 0 saturated heterocycles. The first kappa shape index (κ1) is 11.2. The lowest BCUT2D eigenvalue weighted by atomic mass is 10.1. The maximum atomic E-state index is 6.09. The number of nitrogen functional groups attached to an aromatic ring is 1. The third-order valence-corrected chi connectivity index (χ3v) is 2.84. The molecular formula is C12H10Cl2N2. The van der Waals surface area contributed by atoms with Crippen LogP contribution in [0.1, 0.15) is 5.56 Å². The first-order valence-electron chi connectivity index (χ1n) is 4.76. The van der Waals surface area contributed by atoms with E-state index in [1.165, 1.54) is 0 Å². The van der Waals surface area contributed by atoms with Gasteiger partial charge in [0.2, 0.25) is 0 Å². The molecule has 0 spiro atoms. The number of nitrogens with zero attached hydrogens (tertiary/aromatic N) is 1. The van der Waals surface area contributed by atoms with E-state index < -0.39 is 0 Å². The summed E-state index contributed by atoms with van der Waals surface area (Å²) in [5, 5.41) is 0.881. The van der Waals surface area contributed by atoms with E-state index in [1.807, 2.05) is 31.2 Å². The lowest BCUT2D eigenvalue weighted by molar-refractivity contribution is 1.32. The van der Waals surface area contributed by atoms with Crippen LogP contribution in [0.5, 0.6) is 0 Å². The van der Waals surface area contributed by atoms with Gasteiger partial charge in [0.15, 0.2) is 0 Å². The highest BCUT2D eigenvalue weighted by molar-refractivity contribution is 6.37. The Labute approximate surface area is 104 Å². The van der Waals surface area contributed by atoms with Crippen molar-refractivity contribution in [3.05, 3.63) is 45.9 Å². The smallest absolute Gasteiger partial charge is 0.143 e. The highest BCUT2D eigenvalue weighted by atomic mass is 35.5. The van der Waals surface area contributed by atoms with E-state index in [0.29, 0.717) is 21.6 Å². The van der Waals surface area contributed by atoms with E-state index in [0.717, 1.165) is 11.1 Å². The molecule has 82 valence electrons. The Kier molecular flexibility index (Phi) is 3.03. The molecule has 0 saturated carbocycles. The van der Waals surface area contributed by atoms with E-state index >= 15 is 0 Å². The van der Waals surface area contributed by atoms with Crippen molar-refractivity contribution in [2.45, 2.75) is 6.92 Å². The third-order valence-electron chi connectivity index (χ3n) is 2.25. The predicted octanol–water partition coefficient (Wildman–Crippen LogP) is 3.95. The van der Waals surface area contributed by atoms with Gasteiger partial charge in [-0.25, -0.2) is 4.98 Å². The third kappa shape index (κ3) is 2.13. The number of hydrogen-bond acceptors (Lipinski definition) is 2. The van der Waals surface area contributed by atoms with Gasteiger partial charge in [-0.05, 0) is 19.1 Å². The molecule has 16 heavy (non-hydrogen) atoms. The van der Waals surface area contributed by atoms with Crippen molar-refractivity contribution >= 4 is 29.0 Å². The molecule has 0 aliphatic heterocycles. The summed E-state index contributed by atoms with van der Waals surface area (Å²) >= 11 is 11.9. The number of nitrogens with two attached hydrogens (primary N) is 1. The van der Waals surface area contributed by atoms with Crippen LogP contribution in [-0.4, -0.2) is 4.98 Å². The summed E-state index contributed by atoms with van der Waals surface area (Å²) in [5.41, 5.74) is 8.40. The van der Waals surface area contributed by atoms with Crippen molar-refractivity contribution in [3.8, 4) is 11.3 Å². The normalized spacial score (nSPS) is 10.4.